The quantitative estimate of drug-likeness (QED) is 0.642. The van der Waals surface area contributed by atoms with Crippen molar-refractivity contribution in [3.63, 3.8) is 0 Å². The number of rotatable bonds is 5. The first kappa shape index (κ1) is 23.7. The van der Waals surface area contributed by atoms with Gasteiger partial charge in [-0.25, -0.2) is 0 Å². The lowest BCUT2D eigenvalue weighted by atomic mass is 9.84. The first-order valence-electron chi connectivity index (χ1n) is 14.5. The smallest absolute Gasteiger partial charge is 0.254 e. The van der Waals surface area contributed by atoms with Gasteiger partial charge in [0.2, 0.25) is 5.91 Å². The molecule has 2 saturated heterocycles. The normalized spacial score (nSPS) is 31.5. The molecule has 37 heavy (non-hydrogen) atoms. The summed E-state index contributed by atoms with van der Waals surface area (Å²) in [5.41, 5.74) is 2.56. The first-order valence-corrected chi connectivity index (χ1v) is 14.5. The molecule has 0 radical (unpaired) electrons. The molecule has 3 atom stereocenters. The Hall–Kier alpha value is -2.38. The minimum atomic E-state index is -1.10. The lowest BCUT2D eigenvalue weighted by molar-refractivity contribution is -0.141. The van der Waals surface area contributed by atoms with Crippen molar-refractivity contribution in [2.24, 2.45) is 11.8 Å². The Morgan fingerprint density at radius 2 is 1.97 bits per heavy atom. The molecule has 0 aromatic heterocycles. The average Bonchev–Trinajstić information content (AvgIpc) is 3.40. The number of nitrogens with zero attached hydrogens (tertiary/aromatic N) is 2. The summed E-state index contributed by atoms with van der Waals surface area (Å²) in [7, 11) is 0. The van der Waals surface area contributed by atoms with Crippen LogP contribution in [0, 0.1) is 11.8 Å². The molecular formula is C30H39N3O4. The van der Waals surface area contributed by atoms with Crippen molar-refractivity contribution < 1.29 is 19.4 Å². The van der Waals surface area contributed by atoms with Gasteiger partial charge in [-0.3, -0.25) is 14.9 Å². The second-order valence-electron chi connectivity index (χ2n) is 12.5. The molecule has 1 spiro atoms. The molecule has 2 unspecified atom stereocenters. The van der Waals surface area contributed by atoms with Crippen LogP contribution < -0.4 is 10.1 Å². The van der Waals surface area contributed by atoms with Crippen LogP contribution in [-0.4, -0.2) is 70.3 Å². The van der Waals surface area contributed by atoms with Crippen LogP contribution in [0.25, 0.3) is 5.57 Å². The van der Waals surface area contributed by atoms with Gasteiger partial charge in [-0.1, -0.05) is 25.0 Å². The van der Waals surface area contributed by atoms with Gasteiger partial charge in [0.15, 0.2) is 0 Å². The number of ether oxygens (including phenoxy) is 1. The summed E-state index contributed by atoms with van der Waals surface area (Å²) >= 11 is 0. The Labute approximate surface area is 219 Å². The lowest BCUT2D eigenvalue weighted by Gasteiger charge is -2.34. The highest BCUT2D eigenvalue weighted by molar-refractivity contribution is 5.89. The van der Waals surface area contributed by atoms with Gasteiger partial charge in [-0.2, -0.15) is 0 Å². The zero-order valence-corrected chi connectivity index (χ0v) is 21.7. The Morgan fingerprint density at radius 3 is 2.73 bits per heavy atom. The van der Waals surface area contributed by atoms with Gasteiger partial charge < -0.3 is 19.6 Å². The fourth-order valence-electron chi connectivity index (χ4n) is 7.59. The molecule has 1 aromatic rings. The number of fused-ring (bicyclic) bond motifs is 1. The summed E-state index contributed by atoms with van der Waals surface area (Å²) < 4.78 is 5.69. The van der Waals surface area contributed by atoms with Crippen LogP contribution in [-0.2, 0) is 16.0 Å². The van der Waals surface area contributed by atoms with Crippen LogP contribution in [0.3, 0.4) is 0 Å². The predicted octanol–water partition coefficient (Wildman–Crippen LogP) is 3.25. The lowest BCUT2D eigenvalue weighted by Crippen LogP contribution is -2.47. The summed E-state index contributed by atoms with van der Waals surface area (Å²) in [5.74, 6) is 1.89. The van der Waals surface area contributed by atoms with E-state index in [9.17, 15) is 14.7 Å². The van der Waals surface area contributed by atoms with Crippen molar-refractivity contribution in [1.82, 2.24) is 15.1 Å². The van der Waals surface area contributed by atoms with Crippen LogP contribution >= 0.6 is 0 Å². The predicted molar refractivity (Wildman–Crippen MR) is 140 cm³/mol. The first-order chi connectivity index (χ1) is 17.9. The van der Waals surface area contributed by atoms with Gasteiger partial charge in [0, 0.05) is 26.1 Å². The largest absolute Gasteiger partial charge is 0.493 e. The van der Waals surface area contributed by atoms with E-state index in [-0.39, 0.29) is 29.4 Å². The van der Waals surface area contributed by atoms with E-state index < -0.39 is 5.60 Å². The summed E-state index contributed by atoms with van der Waals surface area (Å²) in [6.07, 6.45) is 12.7. The number of carbonyl (C=O) groups excluding carboxylic acids is 2. The van der Waals surface area contributed by atoms with Crippen LogP contribution in [0.15, 0.2) is 24.3 Å². The molecule has 2 saturated carbocycles. The molecule has 1 aromatic carbocycles. The molecule has 7 heteroatoms. The van der Waals surface area contributed by atoms with Gasteiger partial charge in [-0.15, -0.1) is 0 Å². The molecule has 3 heterocycles. The van der Waals surface area contributed by atoms with Crippen molar-refractivity contribution in [2.75, 3.05) is 26.2 Å². The topological polar surface area (TPSA) is 82.1 Å². The Kier molecular flexibility index (Phi) is 5.67. The molecule has 6 aliphatic rings. The second-order valence-corrected chi connectivity index (χ2v) is 12.5. The summed E-state index contributed by atoms with van der Waals surface area (Å²) in [6.45, 7) is 2.84. The van der Waals surface area contributed by atoms with E-state index >= 15 is 0 Å². The molecule has 2 amide bonds. The van der Waals surface area contributed by atoms with E-state index in [1.165, 1.54) is 16.7 Å². The monoisotopic (exact) mass is 505 g/mol. The van der Waals surface area contributed by atoms with Gasteiger partial charge in [0.25, 0.3) is 5.91 Å². The fourth-order valence-corrected chi connectivity index (χ4v) is 7.59. The number of amides is 2. The Balaban J connectivity index is 1.06. The number of hydrogen-bond acceptors (Lipinski definition) is 5. The van der Waals surface area contributed by atoms with Crippen molar-refractivity contribution >= 4 is 17.4 Å². The average molecular weight is 506 g/mol. The zero-order valence-electron chi connectivity index (χ0n) is 21.7. The van der Waals surface area contributed by atoms with Gasteiger partial charge >= 0.3 is 0 Å². The van der Waals surface area contributed by atoms with Gasteiger partial charge in [0.05, 0.1) is 18.3 Å². The Bertz CT molecular complexity index is 1140. The fraction of sp³-hybridized carbons (Fsp3) is 0.667. The van der Waals surface area contributed by atoms with Crippen LogP contribution in [0.1, 0.15) is 75.3 Å². The third-order valence-electron chi connectivity index (χ3n) is 10.00. The minimum Gasteiger partial charge on any atom is -0.493 e. The number of hydrogen-bond donors (Lipinski definition) is 2. The van der Waals surface area contributed by atoms with Gasteiger partial charge in [0.1, 0.15) is 11.4 Å². The molecule has 3 aliphatic carbocycles. The van der Waals surface area contributed by atoms with E-state index in [2.05, 4.69) is 34.5 Å². The van der Waals surface area contributed by atoms with Crippen LogP contribution in [0.2, 0.25) is 0 Å². The molecule has 7 rings (SSSR count). The summed E-state index contributed by atoms with van der Waals surface area (Å²) in [4.78, 5) is 30.5. The summed E-state index contributed by atoms with van der Waals surface area (Å²) in [5, 5.41) is 14.2. The number of likely N-dealkylation sites (tertiary alicyclic amines) is 1. The number of allylic oxidation sites excluding steroid dienone is 2. The highest BCUT2D eigenvalue weighted by Gasteiger charge is 2.55. The number of nitrogens with one attached hydrogen (secondary N) is 1. The molecule has 198 valence electrons. The van der Waals surface area contributed by atoms with E-state index in [0.717, 1.165) is 70.1 Å². The van der Waals surface area contributed by atoms with E-state index in [4.69, 9.17) is 4.74 Å². The number of aliphatic hydroxyl groups is 1. The highest BCUT2D eigenvalue weighted by atomic mass is 16.5. The van der Waals surface area contributed by atoms with Crippen molar-refractivity contribution in [3.8, 4) is 5.75 Å². The minimum absolute atomic E-state index is 0.0641. The highest BCUT2D eigenvalue weighted by Crippen LogP contribution is 2.43. The van der Waals surface area contributed by atoms with Crippen molar-refractivity contribution in [3.05, 3.63) is 35.4 Å². The Morgan fingerprint density at radius 1 is 1.14 bits per heavy atom. The molecule has 3 aliphatic heterocycles. The third kappa shape index (κ3) is 4.09. The number of carbonyl (C=O) groups is 2. The zero-order chi connectivity index (χ0) is 25.2. The van der Waals surface area contributed by atoms with Crippen LogP contribution in [0.4, 0.5) is 0 Å². The molecule has 7 nitrogen and oxygen atoms in total. The van der Waals surface area contributed by atoms with Crippen LogP contribution in [0.5, 0.6) is 5.75 Å². The van der Waals surface area contributed by atoms with Gasteiger partial charge in [-0.05, 0) is 92.0 Å². The molecular weight excluding hydrogens is 466 g/mol. The maximum absolute atomic E-state index is 13.9. The SMILES string of the molecule is O=C(N1CC[C@@H](CN2C(=O)C3(CCCC3)NC2C2CC=C(c3ccc4c(c3)CCO4)CC2)C1)C1(O)CC1. The molecule has 0 bridgehead atoms. The number of benzene rings is 1. The van der Waals surface area contributed by atoms with E-state index in [0.29, 0.717) is 38.4 Å². The van der Waals surface area contributed by atoms with Crippen molar-refractivity contribution in [1.29, 1.82) is 0 Å². The maximum Gasteiger partial charge on any atom is 0.254 e. The standard InChI is InChI=1S/C30H39N3O4/c34-27-29(11-1-2-12-29)31-26(33(27)19-20-9-15-32(18-20)28(35)30(36)13-14-30)22-5-3-21(4-6-22)23-7-8-25-24(17-23)10-16-37-25/h3,7-8,17,20,22,26,31,36H,1-2,4-6,9-16,18-19H2/t20-,22?,26?/m1/s1. The third-order valence-corrected chi connectivity index (χ3v) is 10.00. The second kappa shape index (κ2) is 8.84. The van der Waals surface area contributed by atoms with Crippen molar-refractivity contribution in [2.45, 2.75) is 87.9 Å². The van der Waals surface area contributed by atoms with E-state index in [1.54, 1.807) is 0 Å². The maximum atomic E-state index is 13.9. The summed E-state index contributed by atoms with van der Waals surface area (Å²) in [6, 6.07) is 6.61. The molecule has 4 fully saturated rings. The van der Waals surface area contributed by atoms with E-state index in [1.807, 2.05) is 4.90 Å². The molecule has 2 N–H and O–H groups in total.